The van der Waals surface area contributed by atoms with E-state index in [4.69, 9.17) is 5.11 Å². The lowest BCUT2D eigenvalue weighted by atomic mass is 10.1. The predicted octanol–water partition coefficient (Wildman–Crippen LogP) is -1.21. The minimum absolute atomic E-state index is 0.0287. The van der Waals surface area contributed by atoms with Gasteiger partial charge in [-0.1, -0.05) is 0 Å². The molecule has 0 saturated carbocycles. The summed E-state index contributed by atoms with van der Waals surface area (Å²) in [6.45, 7) is -0.778. The fraction of sp³-hybridized carbons (Fsp3) is 0.400. The van der Waals surface area contributed by atoms with Gasteiger partial charge in [0, 0.05) is 11.8 Å². The van der Waals surface area contributed by atoms with E-state index in [0.29, 0.717) is 0 Å². The van der Waals surface area contributed by atoms with Crippen molar-refractivity contribution >= 4 is 15.9 Å². The Morgan fingerprint density at radius 2 is 2.05 bits per heavy atom. The Morgan fingerprint density at radius 1 is 1.42 bits per heavy atom. The molecule has 0 spiro atoms. The van der Waals surface area contributed by atoms with E-state index in [1.54, 1.807) is 0 Å². The van der Waals surface area contributed by atoms with Crippen molar-refractivity contribution in [1.82, 2.24) is 9.55 Å². The first-order valence-corrected chi connectivity index (χ1v) is 6.04. The average molecular weight is 337 g/mol. The quantitative estimate of drug-likeness (QED) is 0.541. The largest absolute Gasteiger partial charge is 0.392 e. The van der Waals surface area contributed by atoms with E-state index < -0.39 is 41.9 Å². The molecule has 4 N–H and O–H groups in total. The van der Waals surface area contributed by atoms with Crippen LogP contribution >= 0.6 is 15.9 Å². The van der Waals surface area contributed by atoms with Gasteiger partial charge in [0.05, 0.1) is 11.1 Å². The zero-order chi connectivity index (χ0) is 14.3. The number of H-pyrrole nitrogens is 1. The molecule has 104 valence electrons. The highest BCUT2D eigenvalue weighted by molar-refractivity contribution is 9.10. The molecule has 1 aromatic heterocycles. The first kappa shape index (κ1) is 14.1. The maximum atomic E-state index is 14.0. The minimum Gasteiger partial charge on any atom is -0.392 e. The standard InChI is InChI=1S/C10H10BrFN2O5/c11-4-1-14(10(19)13-9(4)18)6-5(12)3(2-15)7(16)8(6)17/h1,6-8,15-17H,2H2,(H,13,18,19)/t6-,7-,8+/m1/s1. The summed E-state index contributed by atoms with van der Waals surface area (Å²) in [5.41, 5.74) is -2.01. The third-order valence-corrected chi connectivity index (χ3v) is 3.53. The third kappa shape index (κ3) is 2.18. The zero-order valence-corrected chi connectivity index (χ0v) is 11.0. The second-order valence-corrected chi connectivity index (χ2v) is 4.91. The van der Waals surface area contributed by atoms with Crippen molar-refractivity contribution in [2.24, 2.45) is 0 Å². The lowest BCUT2D eigenvalue weighted by Crippen LogP contribution is -2.38. The van der Waals surface area contributed by atoms with Crippen molar-refractivity contribution in [1.29, 1.82) is 0 Å². The van der Waals surface area contributed by atoms with Gasteiger partial charge in [0.15, 0.2) is 0 Å². The van der Waals surface area contributed by atoms with Crippen molar-refractivity contribution in [3.05, 3.63) is 42.9 Å². The summed E-state index contributed by atoms with van der Waals surface area (Å²) >= 11 is 2.88. The van der Waals surface area contributed by atoms with Crippen LogP contribution in [-0.4, -0.2) is 43.7 Å². The molecule has 0 radical (unpaired) electrons. The first-order valence-electron chi connectivity index (χ1n) is 5.25. The maximum absolute atomic E-state index is 14.0. The Morgan fingerprint density at radius 3 is 2.58 bits per heavy atom. The second-order valence-electron chi connectivity index (χ2n) is 4.06. The first-order chi connectivity index (χ1) is 8.88. The van der Waals surface area contributed by atoms with Crippen LogP contribution in [0.4, 0.5) is 4.39 Å². The van der Waals surface area contributed by atoms with Crippen LogP contribution in [0.5, 0.6) is 0 Å². The molecule has 0 saturated heterocycles. The minimum atomic E-state index is -1.63. The van der Waals surface area contributed by atoms with Gasteiger partial charge in [0.1, 0.15) is 24.1 Å². The number of hydrogen-bond donors (Lipinski definition) is 4. The molecule has 19 heavy (non-hydrogen) atoms. The average Bonchev–Trinajstić information content (AvgIpc) is 2.56. The van der Waals surface area contributed by atoms with Gasteiger partial charge in [-0.3, -0.25) is 14.3 Å². The van der Waals surface area contributed by atoms with E-state index in [9.17, 15) is 24.2 Å². The molecule has 3 atom stereocenters. The van der Waals surface area contributed by atoms with Crippen LogP contribution in [0.2, 0.25) is 0 Å². The molecule has 1 aliphatic rings. The van der Waals surface area contributed by atoms with Crippen LogP contribution < -0.4 is 11.2 Å². The number of halogens is 2. The summed E-state index contributed by atoms with van der Waals surface area (Å²) in [7, 11) is 0. The Hall–Kier alpha value is -1.29. The normalized spacial score (nSPS) is 27.1. The van der Waals surface area contributed by atoms with Gasteiger partial charge in [-0.25, -0.2) is 9.18 Å². The molecule has 1 heterocycles. The van der Waals surface area contributed by atoms with Crippen molar-refractivity contribution < 1.29 is 19.7 Å². The Labute approximate surface area is 113 Å². The third-order valence-electron chi connectivity index (χ3n) is 2.96. The topological polar surface area (TPSA) is 116 Å². The van der Waals surface area contributed by atoms with Gasteiger partial charge in [-0.05, 0) is 15.9 Å². The Balaban J connectivity index is 2.60. The number of aromatic amines is 1. The predicted molar refractivity (Wildman–Crippen MR) is 65.3 cm³/mol. The molecule has 0 unspecified atom stereocenters. The van der Waals surface area contributed by atoms with Gasteiger partial charge < -0.3 is 15.3 Å². The number of hydrogen-bond acceptors (Lipinski definition) is 5. The molecular weight excluding hydrogens is 327 g/mol. The zero-order valence-electron chi connectivity index (χ0n) is 9.38. The van der Waals surface area contributed by atoms with Crippen molar-refractivity contribution in [2.75, 3.05) is 6.61 Å². The van der Waals surface area contributed by atoms with Crippen molar-refractivity contribution in [3.63, 3.8) is 0 Å². The lowest BCUT2D eigenvalue weighted by molar-refractivity contribution is 0.0243. The summed E-state index contributed by atoms with van der Waals surface area (Å²) in [6.07, 6.45) is -2.22. The monoisotopic (exact) mass is 336 g/mol. The molecule has 7 nitrogen and oxygen atoms in total. The van der Waals surface area contributed by atoms with Gasteiger partial charge >= 0.3 is 5.69 Å². The Kier molecular flexibility index (Phi) is 3.72. The fourth-order valence-corrected chi connectivity index (χ4v) is 2.30. The SMILES string of the molecule is O=c1[nH]c(=O)n([C@@H]2C(F)=C(CO)[C@@H](O)[C@H]2O)cc1Br. The number of rotatable bonds is 2. The van der Waals surface area contributed by atoms with Crippen LogP contribution in [0.1, 0.15) is 6.04 Å². The highest BCUT2D eigenvalue weighted by Gasteiger charge is 2.43. The molecule has 0 amide bonds. The van der Waals surface area contributed by atoms with Gasteiger partial charge in [0.25, 0.3) is 5.56 Å². The summed E-state index contributed by atoms with van der Waals surface area (Å²) < 4.78 is 14.7. The molecule has 9 heteroatoms. The molecule has 0 fully saturated rings. The van der Waals surface area contributed by atoms with Gasteiger partial charge in [-0.15, -0.1) is 0 Å². The highest BCUT2D eigenvalue weighted by atomic mass is 79.9. The summed E-state index contributed by atoms with van der Waals surface area (Å²) in [4.78, 5) is 24.7. The fourth-order valence-electron chi connectivity index (χ4n) is 1.98. The molecule has 0 aromatic carbocycles. The second kappa shape index (κ2) is 5.00. The molecule has 1 aromatic rings. The van der Waals surface area contributed by atoms with Crippen LogP contribution in [0.3, 0.4) is 0 Å². The number of nitrogens with zero attached hydrogens (tertiary/aromatic N) is 1. The number of aromatic nitrogens is 2. The van der Waals surface area contributed by atoms with E-state index in [-0.39, 0.29) is 10.0 Å². The Bertz CT molecular complexity index is 652. The van der Waals surface area contributed by atoms with Crippen LogP contribution in [0.15, 0.2) is 31.7 Å². The summed E-state index contributed by atoms with van der Waals surface area (Å²) in [5.74, 6) is -0.997. The molecule has 2 rings (SSSR count). The highest BCUT2D eigenvalue weighted by Crippen LogP contribution is 2.36. The van der Waals surface area contributed by atoms with Gasteiger partial charge in [0.2, 0.25) is 0 Å². The maximum Gasteiger partial charge on any atom is 0.329 e. The summed E-state index contributed by atoms with van der Waals surface area (Å²) in [6, 6.07) is -1.49. The lowest BCUT2D eigenvalue weighted by Gasteiger charge is -2.19. The number of nitrogens with one attached hydrogen (secondary N) is 1. The number of aliphatic hydroxyl groups excluding tert-OH is 3. The van der Waals surface area contributed by atoms with Crippen molar-refractivity contribution in [2.45, 2.75) is 18.2 Å². The van der Waals surface area contributed by atoms with E-state index >= 15 is 0 Å². The van der Waals surface area contributed by atoms with Crippen LogP contribution in [-0.2, 0) is 0 Å². The molecular formula is C10H10BrFN2O5. The van der Waals surface area contributed by atoms with E-state index in [1.807, 2.05) is 4.98 Å². The van der Waals surface area contributed by atoms with Gasteiger partial charge in [-0.2, -0.15) is 0 Å². The number of aliphatic hydroxyl groups is 3. The molecule has 0 aliphatic heterocycles. The smallest absolute Gasteiger partial charge is 0.329 e. The molecule has 0 bridgehead atoms. The van der Waals surface area contributed by atoms with E-state index in [1.165, 1.54) is 0 Å². The van der Waals surface area contributed by atoms with E-state index in [0.717, 1.165) is 10.8 Å². The molecule has 1 aliphatic carbocycles. The van der Waals surface area contributed by atoms with Crippen molar-refractivity contribution in [3.8, 4) is 0 Å². The van der Waals surface area contributed by atoms with E-state index in [2.05, 4.69) is 15.9 Å². The van der Waals surface area contributed by atoms with Crippen LogP contribution in [0.25, 0.3) is 0 Å². The van der Waals surface area contributed by atoms with Crippen LogP contribution in [0, 0.1) is 0 Å². The summed E-state index contributed by atoms with van der Waals surface area (Å²) in [5, 5.41) is 28.3.